The summed E-state index contributed by atoms with van der Waals surface area (Å²) in [6.45, 7) is 0.944. The lowest BCUT2D eigenvalue weighted by Gasteiger charge is -2.36. The van der Waals surface area contributed by atoms with Crippen LogP contribution in [0.15, 0.2) is 36.4 Å². The number of piperidine rings is 1. The maximum absolute atomic E-state index is 13.7. The van der Waals surface area contributed by atoms with E-state index in [9.17, 15) is 18.7 Å². The van der Waals surface area contributed by atoms with E-state index in [-0.39, 0.29) is 41.0 Å². The number of benzene rings is 2. The minimum atomic E-state index is -0.896. The predicted molar refractivity (Wildman–Crippen MR) is 97.8 cm³/mol. The van der Waals surface area contributed by atoms with E-state index in [2.05, 4.69) is 10.9 Å². The highest BCUT2D eigenvalue weighted by Crippen LogP contribution is 2.36. The molecule has 2 fully saturated rings. The topological polar surface area (TPSA) is 73.8 Å². The molecule has 0 saturated carbocycles. The Morgan fingerprint density at radius 1 is 1.21 bits per heavy atom. The molecule has 2 aliphatic heterocycles. The van der Waals surface area contributed by atoms with Gasteiger partial charge in [-0.15, -0.1) is 0 Å². The molecule has 0 bridgehead atoms. The van der Waals surface area contributed by atoms with Gasteiger partial charge in [0.15, 0.2) is 23.1 Å². The SMILES string of the molecule is COc1cccc(C(=O)N2CCC3NNC(c4ccc(F)c(F)c4)C3C2)c1O. The maximum Gasteiger partial charge on any atom is 0.257 e. The van der Waals surface area contributed by atoms with Crippen molar-refractivity contribution < 1.29 is 23.4 Å². The Kier molecular flexibility index (Phi) is 4.91. The number of carbonyl (C=O) groups excluding carboxylic acids is 1. The third-order valence-electron chi connectivity index (χ3n) is 5.55. The summed E-state index contributed by atoms with van der Waals surface area (Å²) in [5, 5.41) is 10.3. The molecular weight excluding hydrogens is 368 g/mol. The van der Waals surface area contributed by atoms with E-state index < -0.39 is 11.6 Å². The van der Waals surface area contributed by atoms with Crippen LogP contribution in [0.1, 0.15) is 28.4 Å². The summed E-state index contributed by atoms with van der Waals surface area (Å²) >= 11 is 0. The van der Waals surface area contributed by atoms with E-state index in [1.807, 2.05) is 0 Å². The normalized spacial score (nSPS) is 24.1. The minimum absolute atomic E-state index is 0.0182. The molecule has 2 saturated heterocycles. The predicted octanol–water partition coefficient (Wildman–Crippen LogP) is 2.36. The Morgan fingerprint density at radius 2 is 2.04 bits per heavy atom. The number of phenolic OH excluding ortho intramolecular Hbond substituents is 1. The third-order valence-corrected chi connectivity index (χ3v) is 5.55. The number of aromatic hydroxyl groups is 1. The second-order valence-electron chi connectivity index (χ2n) is 7.11. The van der Waals surface area contributed by atoms with Crippen molar-refractivity contribution in [3.8, 4) is 11.5 Å². The van der Waals surface area contributed by atoms with Crippen LogP contribution in [0.2, 0.25) is 0 Å². The quantitative estimate of drug-likeness (QED) is 0.752. The number of phenols is 1. The van der Waals surface area contributed by atoms with Crippen LogP contribution in [0.3, 0.4) is 0 Å². The largest absolute Gasteiger partial charge is 0.504 e. The molecule has 3 atom stereocenters. The van der Waals surface area contributed by atoms with Gasteiger partial charge in [0.1, 0.15) is 0 Å². The number of carbonyl (C=O) groups is 1. The molecule has 3 unspecified atom stereocenters. The highest BCUT2D eigenvalue weighted by molar-refractivity contribution is 5.97. The lowest BCUT2D eigenvalue weighted by molar-refractivity contribution is 0.0648. The molecule has 2 aliphatic rings. The van der Waals surface area contributed by atoms with E-state index in [0.29, 0.717) is 25.1 Å². The molecule has 28 heavy (non-hydrogen) atoms. The smallest absolute Gasteiger partial charge is 0.257 e. The summed E-state index contributed by atoms with van der Waals surface area (Å²) in [6.07, 6.45) is 0.703. The van der Waals surface area contributed by atoms with Crippen LogP contribution in [-0.2, 0) is 0 Å². The molecule has 2 aromatic carbocycles. The zero-order valence-corrected chi connectivity index (χ0v) is 15.3. The average molecular weight is 389 g/mol. The molecule has 0 radical (unpaired) electrons. The summed E-state index contributed by atoms with van der Waals surface area (Å²) in [5.41, 5.74) is 7.14. The van der Waals surface area contributed by atoms with E-state index in [1.165, 1.54) is 13.2 Å². The van der Waals surface area contributed by atoms with Gasteiger partial charge in [-0.1, -0.05) is 12.1 Å². The van der Waals surface area contributed by atoms with Gasteiger partial charge in [0, 0.05) is 25.0 Å². The summed E-state index contributed by atoms with van der Waals surface area (Å²) in [7, 11) is 1.43. The van der Waals surface area contributed by atoms with Crippen molar-refractivity contribution >= 4 is 5.91 Å². The van der Waals surface area contributed by atoms with Gasteiger partial charge in [-0.25, -0.2) is 14.2 Å². The molecule has 2 aromatic rings. The first-order chi connectivity index (χ1) is 13.5. The Morgan fingerprint density at radius 3 is 2.79 bits per heavy atom. The fourth-order valence-corrected chi connectivity index (χ4v) is 4.05. The summed E-state index contributed by atoms with van der Waals surface area (Å²) in [4.78, 5) is 14.7. The van der Waals surface area contributed by atoms with Crippen molar-refractivity contribution in [2.24, 2.45) is 5.92 Å². The van der Waals surface area contributed by atoms with Gasteiger partial charge >= 0.3 is 0 Å². The number of likely N-dealkylation sites (tertiary alicyclic amines) is 1. The van der Waals surface area contributed by atoms with Crippen molar-refractivity contribution in [2.75, 3.05) is 20.2 Å². The second-order valence-corrected chi connectivity index (χ2v) is 7.11. The number of fused-ring (bicyclic) bond motifs is 1. The van der Waals surface area contributed by atoms with Crippen LogP contribution in [0.25, 0.3) is 0 Å². The number of halogens is 2. The van der Waals surface area contributed by atoms with Crippen molar-refractivity contribution in [3.05, 3.63) is 59.2 Å². The number of nitrogens with one attached hydrogen (secondary N) is 2. The van der Waals surface area contributed by atoms with E-state index in [1.54, 1.807) is 29.2 Å². The molecule has 2 heterocycles. The molecule has 0 aliphatic carbocycles. The van der Waals surface area contributed by atoms with Crippen LogP contribution in [0, 0.1) is 17.6 Å². The molecule has 4 rings (SSSR count). The highest BCUT2D eigenvalue weighted by atomic mass is 19.2. The number of ether oxygens (including phenoxy) is 1. The van der Waals surface area contributed by atoms with Crippen molar-refractivity contribution in [1.29, 1.82) is 0 Å². The molecule has 1 amide bonds. The number of methoxy groups -OCH3 is 1. The Hall–Kier alpha value is -2.71. The number of hydrogen-bond acceptors (Lipinski definition) is 5. The zero-order chi connectivity index (χ0) is 19.8. The number of hydrazine groups is 1. The molecule has 0 aromatic heterocycles. The van der Waals surface area contributed by atoms with E-state index >= 15 is 0 Å². The molecule has 0 spiro atoms. The fourth-order valence-electron chi connectivity index (χ4n) is 4.05. The van der Waals surface area contributed by atoms with Crippen molar-refractivity contribution in [3.63, 3.8) is 0 Å². The van der Waals surface area contributed by atoms with E-state index in [4.69, 9.17) is 4.74 Å². The van der Waals surface area contributed by atoms with E-state index in [0.717, 1.165) is 6.07 Å². The number of nitrogens with zero attached hydrogens (tertiary/aromatic N) is 1. The van der Waals surface area contributed by atoms with Gasteiger partial charge in [-0.05, 0) is 36.2 Å². The Bertz CT molecular complexity index is 908. The monoisotopic (exact) mass is 389 g/mol. The third kappa shape index (κ3) is 3.18. The average Bonchev–Trinajstić information content (AvgIpc) is 3.13. The molecule has 3 N–H and O–H groups in total. The lowest BCUT2D eigenvalue weighted by Crippen LogP contribution is -2.47. The lowest BCUT2D eigenvalue weighted by atomic mass is 9.85. The van der Waals surface area contributed by atoms with Gasteiger partial charge in [0.05, 0.1) is 18.7 Å². The Labute approximate surface area is 161 Å². The second kappa shape index (κ2) is 7.37. The first-order valence-electron chi connectivity index (χ1n) is 9.11. The summed E-state index contributed by atoms with van der Waals surface area (Å²) in [6, 6.07) is 8.50. The zero-order valence-electron chi connectivity index (χ0n) is 15.3. The van der Waals surface area contributed by atoms with Crippen LogP contribution in [-0.4, -0.2) is 42.2 Å². The standard InChI is InChI=1S/C20H21F2N3O3/c1-28-17-4-2-3-12(19(17)26)20(27)25-8-7-16-13(10-25)18(24-23-16)11-5-6-14(21)15(22)9-11/h2-6,9,13,16,18,23-24,26H,7-8,10H2,1H3. The van der Waals surface area contributed by atoms with Gasteiger partial charge in [-0.3, -0.25) is 10.2 Å². The minimum Gasteiger partial charge on any atom is -0.504 e. The first kappa shape index (κ1) is 18.6. The molecule has 148 valence electrons. The first-order valence-corrected chi connectivity index (χ1v) is 9.11. The van der Waals surface area contributed by atoms with Crippen LogP contribution >= 0.6 is 0 Å². The van der Waals surface area contributed by atoms with Gasteiger partial charge in [0.25, 0.3) is 5.91 Å². The van der Waals surface area contributed by atoms with Crippen LogP contribution < -0.4 is 15.6 Å². The van der Waals surface area contributed by atoms with Crippen molar-refractivity contribution in [2.45, 2.75) is 18.5 Å². The number of hydrogen-bond donors (Lipinski definition) is 3. The van der Waals surface area contributed by atoms with Crippen LogP contribution in [0.5, 0.6) is 11.5 Å². The number of amides is 1. The summed E-state index contributed by atoms with van der Waals surface area (Å²) < 4.78 is 32.0. The fraction of sp³-hybridized carbons (Fsp3) is 0.350. The molecule has 6 nitrogen and oxygen atoms in total. The van der Waals surface area contributed by atoms with Gasteiger partial charge in [-0.2, -0.15) is 0 Å². The highest BCUT2D eigenvalue weighted by Gasteiger charge is 2.42. The maximum atomic E-state index is 13.7. The summed E-state index contributed by atoms with van der Waals surface area (Å²) in [5.74, 6) is -2.03. The van der Waals surface area contributed by atoms with Gasteiger partial charge in [0.2, 0.25) is 0 Å². The number of para-hydroxylation sites is 1. The number of rotatable bonds is 3. The molecular formula is C20H21F2N3O3. The molecule has 8 heteroatoms. The van der Waals surface area contributed by atoms with Crippen LogP contribution in [0.4, 0.5) is 8.78 Å². The Balaban J connectivity index is 1.56. The van der Waals surface area contributed by atoms with Gasteiger partial charge < -0.3 is 14.7 Å². The van der Waals surface area contributed by atoms with Crippen molar-refractivity contribution in [1.82, 2.24) is 15.8 Å².